The minimum absolute atomic E-state index is 0.732. The van der Waals surface area contributed by atoms with Crippen molar-refractivity contribution in [2.45, 2.75) is 32.6 Å². The molecule has 0 nitrogen and oxygen atoms in total. The summed E-state index contributed by atoms with van der Waals surface area (Å²) in [4.78, 5) is 0. The Morgan fingerprint density at radius 2 is 1.87 bits per heavy atom. The van der Waals surface area contributed by atoms with Crippen molar-refractivity contribution < 1.29 is 0 Å². The Morgan fingerprint density at radius 1 is 1.13 bits per heavy atom. The molecule has 0 unspecified atom stereocenters. The van der Waals surface area contributed by atoms with Gasteiger partial charge in [-0.1, -0.05) is 30.1 Å². The highest BCUT2D eigenvalue weighted by atomic mass is 35.5. The second kappa shape index (κ2) is 6.77. The van der Waals surface area contributed by atoms with Crippen molar-refractivity contribution in [1.82, 2.24) is 0 Å². The van der Waals surface area contributed by atoms with Crippen LogP contribution in [0.5, 0.6) is 0 Å². The van der Waals surface area contributed by atoms with Gasteiger partial charge in [0.05, 0.1) is 0 Å². The Morgan fingerprint density at radius 3 is 2.60 bits per heavy atom. The molecule has 0 N–H and O–H groups in total. The third-order valence-electron chi connectivity index (χ3n) is 2.03. The number of benzene rings is 1. The van der Waals surface area contributed by atoms with E-state index in [4.69, 9.17) is 23.2 Å². The Hall–Kier alpha value is -0.640. The predicted molar refractivity (Wildman–Crippen MR) is 67.5 cm³/mol. The number of hydrogen-bond donors (Lipinski definition) is 0. The van der Waals surface area contributed by atoms with E-state index >= 15 is 0 Å². The SMILES string of the molecule is CCCC#CCCc1cc(Cl)ccc1Cl. The number of rotatable bonds is 3. The minimum atomic E-state index is 0.732. The summed E-state index contributed by atoms with van der Waals surface area (Å²) in [6, 6.07) is 5.54. The summed E-state index contributed by atoms with van der Waals surface area (Å²) in [5.41, 5.74) is 1.08. The summed E-state index contributed by atoms with van der Waals surface area (Å²) in [7, 11) is 0. The average Bonchev–Trinajstić information content (AvgIpc) is 2.23. The van der Waals surface area contributed by atoms with Crippen LogP contribution < -0.4 is 0 Å². The van der Waals surface area contributed by atoms with Gasteiger partial charge in [-0.2, -0.15) is 0 Å². The molecule has 0 bridgehead atoms. The van der Waals surface area contributed by atoms with Crippen LogP contribution in [0.15, 0.2) is 18.2 Å². The molecule has 1 rings (SSSR count). The maximum Gasteiger partial charge on any atom is 0.0439 e. The molecule has 0 saturated heterocycles. The van der Waals surface area contributed by atoms with Crippen molar-refractivity contribution in [2.24, 2.45) is 0 Å². The Balaban J connectivity index is 2.51. The van der Waals surface area contributed by atoms with Gasteiger partial charge >= 0.3 is 0 Å². The largest absolute Gasteiger partial charge is 0.103 e. The molecule has 0 saturated carbocycles. The van der Waals surface area contributed by atoms with Gasteiger partial charge in [-0.15, -0.1) is 11.8 Å². The first-order valence-corrected chi connectivity index (χ1v) is 5.89. The summed E-state index contributed by atoms with van der Waals surface area (Å²) < 4.78 is 0. The van der Waals surface area contributed by atoms with Crippen molar-refractivity contribution in [1.29, 1.82) is 0 Å². The molecule has 0 radical (unpaired) electrons. The molecule has 0 aliphatic rings. The van der Waals surface area contributed by atoms with Gasteiger partial charge in [0.2, 0.25) is 0 Å². The zero-order valence-corrected chi connectivity index (χ0v) is 10.3. The predicted octanol–water partition coefficient (Wildman–Crippen LogP) is 4.73. The van der Waals surface area contributed by atoms with Crippen LogP contribution in [-0.4, -0.2) is 0 Å². The van der Waals surface area contributed by atoms with E-state index in [9.17, 15) is 0 Å². The quantitative estimate of drug-likeness (QED) is 0.671. The van der Waals surface area contributed by atoms with Crippen LogP contribution in [0.3, 0.4) is 0 Å². The van der Waals surface area contributed by atoms with E-state index in [-0.39, 0.29) is 0 Å². The zero-order valence-electron chi connectivity index (χ0n) is 8.82. The van der Waals surface area contributed by atoms with Crippen LogP contribution in [0.25, 0.3) is 0 Å². The molecule has 1 aromatic rings. The Bertz CT molecular complexity index is 372. The molecular weight excluding hydrogens is 227 g/mol. The van der Waals surface area contributed by atoms with E-state index in [2.05, 4.69) is 18.8 Å². The average molecular weight is 241 g/mol. The minimum Gasteiger partial charge on any atom is -0.103 e. The van der Waals surface area contributed by atoms with E-state index in [1.807, 2.05) is 12.1 Å². The molecular formula is C13H14Cl2. The summed E-state index contributed by atoms with van der Waals surface area (Å²) >= 11 is 11.9. The van der Waals surface area contributed by atoms with Crippen LogP contribution in [0.2, 0.25) is 10.0 Å². The molecule has 0 aliphatic carbocycles. The molecule has 80 valence electrons. The fourth-order valence-corrected chi connectivity index (χ4v) is 1.64. The molecule has 0 fully saturated rings. The molecule has 0 heterocycles. The van der Waals surface area contributed by atoms with Gasteiger partial charge in [0, 0.05) is 22.9 Å². The normalized spacial score (nSPS) is 9.53. The molecule has 0 aliphatic heterocycles. The third-order valence-corrected chi connectivity index (χ3v) is 2.63. The zero-order chi connectivity index (χ0) is 11.1. The lowest BCUT2D eigenvalue weighted by Gasteiger charge is -2.01. The van der Waals surface area contributed by atoms with Crippen LogP contribution >= 0.6 is 23.2 Å². The monoisotopic (exact) mass is 240 g/mol. The highest BCUT2D eigenvalue weighted by molar-refractivity contribution is 6.33. The fraction of sp³-hybridized carbons (Fsp3) is 0.385. The van der Waals surface area contributed by atoms with Gasteiger partial charge in [-0.05, 0) is 36.6 Å². The molecule has 2 heteroatoms. The Labute approximate surface area is 102 Å². The van der Waals surface area contributed by atoms with Crippen LogP contribution in [0, 0.1) is 11.8 Å². The number of unbranched alkanes of at least 4 members (excludes halogenated alkanes) is 1. The Kier molecular flexibility index (Phi) is 5.61. The van der Waals surface area contributed by atoms with Gasteiger partial charge in [0.1, 0.15) is 0 Å². The second-order valence-corrected chi connectivity index (χ2v) is 4.18. The van der Waals surface area contributed by atoms with E-state index in [0.29, 0.717) is 0 Å². The molecule has 1 aromatic carbocycles. The van der Waals surface area contributed by atoms with Gasteiger partial charge in [-0.3, -0.25) is 0 Å². The molecule has 0 atom stereocenters. The summed E-state index contributed by atoms with van der Waals surface area (Å²) in [6.07, 6.45) is 3.81. The maximum atomic E-state index is 6.03. The first kappa shape index (κ1) is 12.4. The molecule has 0 amide bonds. The number of halogens is 2. The lowest BCUT2D eigenvalue weighted by Crippen LogP contribution is -1.85. The summed E-state index contributed by atoms with van der Waals surface area (Å²) in [5, 5.41) is 1.51. The topological polar surface area (TPSA) is 0 Å². The van der Waals surface area contributed by atoms with E-state index in [0.717, 1.165) is 41.3 Å². The van der Waals surface area contributed by atoms with Crippen molar-refractivity contribution in [2.75, 3.05) is 0 Å². The van der Waals surface area contributed by atoms with Crippen molar-refractivity contribution >= 4 is 23.2 Å². The van der Waals surface area contributed by atoms with Gasteiger partial charge in [0.25, 0.3) is 0 Å². The summed E-state index contributed by atoms with van der Waals surface area (Å²) in [6.45, 7) is 2.13. The first-order valence-electron chi connectivity index (χ1n) is 5.13. The lowest BCUT2D eigenvalue weighted by atomic mass is 10.1. The summed E-state index contributed by atoms with van der Waals surface area (Å²) in [5.74, 6) is 6.24. The first-order chi connectivity index (χ1) is 7.24. The number of aryl methyl sites for hydroxylation is 1. The second-order valence-electron chi connectivity index (χ2n) is 3.34. The smallest absolute Gasteiger partial charge is 0.0439 e. The maximum absolute atomic E-state index is 6.03. The van der Waals surface area contributed by atoms with E-state index in [1.165, 1.54) is 0 Å². The van der Waals surface area contributed by atoms with Gasteiger partial charge < -0.3 is 0 Å². The van der Waals surface area contributed by atoms with Crippen molar-refractivity contribution in [3.05, 3.63) is 33.8 Å². The highest BCUT2D eigenvalue weighted by Gasteiger charge is 1.99. The van der Waals surface area contributed by atoms with Crippen LogP contribution in [0.4, 0.5) is 0 Å². The molecule has 0 spiro atoms. The third kappa shape index (κ3) is 4.60. The van der Waals surface area contributed by atoms with Crippen molar-refractivity contribution in [3.63, 3.8) is 0 Å². The van der Waals surface area contributed by atoms with Crippen LogP contribution in [0.1, 0.15) is 31.7 Å². The van der Waals surface area contributed by atoms with E-state index < -0.39 is 0 Å². The van der Waals surface area contributed by atoms with Crippen molar-refractivity contribution in [3.8, 4) is 11.8 Å². The highest BCUT2D eigenvalue weighted by Crippen LogP contribution is 2.21. The van der Waals surface area contributed by atoms with Gasteiger partial charge in [0.15, 0.2) is 0 Å². The standard InChI is InChI=1S/C13H14Cl2/c1-2-3-4-5-6-7-11-10-12(14)8-9-13(11)15/h8-10H,2-3,6-7H2,1H3. The number of hydrogen-bond acceptors (Lipinski definition) is 0. The van der Waals surface area contributed by atoms with E-state index in [1.54, 1.807) is 6.07 Å². The molecule has 15 heavy (non-hydrogen) atoms. The van der Waals surface area contributed by atoms with Crippen LogP contribution in [-0.2, 0) is 6.42 Å². The molecule has 0 aromatic heterocycles. The van der Waals surface area contributed by atoms with Gasteiger partial charge in [-0.25, -0.2) is 0 Å². The lowest BCUT2D eigenvalue weighted by molar-refractivity contribution is 0.974. The fourth-order valence-electron chi connectivity index (χ4n) is 1.23.